The number of fused-ring (bicyclic) bond motifs is 1. The molecule has 0 bridgehead atoms. The van der Waals surface area contributed by atoms with Gasteiger partial charge in [-0.25, -0.2) is 9.67 Å². The number of piperidine rings is 1. The molecule has 0 aliphatic carbocycles. The molecule has 166 valence electrons. The molecule has 0 unspecified atom stereocenters. The summed E-state index contributed by atoms with van der Waals surface area (Å²) in [5.74, 6) is 0.826. The normalized spacial score (nSPS) is 18.3. The van der Waals surface area contributed by atoms with Crippen molar-refractivity contribution in [2.45, 2.75) is 64.6 Å². The summed E-state index contributed by atoms with van der Waals surface area (Å²) in [6, 6.07) is 7.40. The molecule has 1 aliphatic rings. The van der Waals surface area contributed by atoms with Crippen LogP contribution in [0.2, 0.25) is 0 Å². The molecule has 0 amide bonds. The van der Waals surface area contributed by atoms with E-state index in [1.165, 1.54) is 11.5 Å². The van der Waals surface area contributed by atoms with E-state index in [0.29, 0.717) is 28.2 Å². The van der Waals surface area contributed by atoms with Crippen LogP contribution in [-0.4, -0.2) is 50.7 Å². The van der Waals surface area contributed by atoms with Gasteiger partial charge in [0.1, 0.15) is 22.1 Å². The van der Waals surface area contributed by atoms with E-state index in [1.54, 1.807) is 6.07 Å². The van der Waals surface area contributed by atoms with Gasteiger partial charge in [-0.2, -0.15) is 4.37 Å². The first kappa shape index (κ1) is 20.9. The molecule has 4 aromatic rings. The van der Waals surface area contributed by atoms with Gasteiger partial charge in [-0.15, -0.1) is 15.3 Å². The lowest BCUT2D eigenvalue weighted by Gasteiger charge is -2.46. The van der Waals surface area contributed by atoms with Gasteiger partial charge in [-0.1, -0.05) is 11.3 Å². The molecule has 10 heteroatoms. The van der Waals surface area contributed by atoms with Crippen molar-refractivity contribution in [3.63, 3.8) is 0 Å². The minimum atomic E-state index is -0.0168. The predicted octanol–water partition coefficient (Wildman–Crippen LogP) is 3.90. The molecule has 4 heterocycles. The summed E-state index contributed by atoms with van der Waals surface area (Å²) in [5, 5.41) is 32.7. The second-order valence-corrected chi connectivity index (χ2v) is 10.6. The Hall–Kier alpha value is -2.98. The number of aromatic nitrogens is 7. The van der Waals surface area contributed by atoms with Crippen LogP contribution in [0.15, 0.2) is 24.3 Å². The monoisotopic (exact) mass is 450 g/mol. The first-order valence-corrected chi connectivity index (χ1v) is 11.4. The van der Waals surface area contributed by atoms with Gasteiger partial charge < -0.3 is 10.4 Å². The van der Waals surface area contributed by atoms with Crippen LogP contribution in [0.3, 0.4) is 0 Å². The average Bonchev–Trinajstić information content (AvgIpc) is 3.31. The van der Waals surface area contributed by atoms with E-state index < -0.39 is 0 Å². The van der Waals surface area contributed by atoms with E-state index in [4.69, 9.17) is 0 Å². The largest absolute Gasteiger partial charge is 0.507 e. The Labute approximate surface area is 190 Å². The molecule has 1 fully saturated rings. The third kappa shape index (κ3) is 3.84. The van der Waals surface area contributed by atoms with Gasteiger partial charge in [-0.05, 0) is 77.2 Å². The number of phenols is 1. The third-order valence-corrected chi connectivity index (χ3v) is 6.64. The summed E-state index contributed by atoms with van der Waals surface area (Å²) in [5.41, 5.74) is 3.23. The number of nitrogens with zero attached hydrogens (tertiary/aromatic N) is 7. The van der Waals surface area contributed by atoms with Crippen molar-refractivity contribution < 1.29 is 5.11 Å². The van der Waals surface area contributed by atoms with Crippen molar-refractivity contribution >= 4 is 22.7 Å². The molecule has 32 heavy (non-hydrogen) atoms. The number of nitrogens with one attached hydrogen (secondary N) is 1. The van der Waals surface area contributed by atoms with Crippen LogP contribution in [0.1, 0.15) is 52.4 Å². The van der Waals surface area contributed by atoms with E-state index in [-0.39, 0.29) is 22.9 Å². The topological polar surface area (TPSA) is 115 Å². The molecule has 0 atom stereocenters. The van der Waals surface area contributed by atoms with Crippen LogP contribution in [0.25, 0.3) is 33.0 Å². The van der Waals surface area contributed by atoms with Crippen molar-refractivity contribution in [2.75, 3.05) is 0 Å². The lowest BCUT2D eigenvalue weighted by Crippen LogP contribution is -2.58. The lowest BCUT2D eigenvalue weighted by atomic mass is 9.80. The van der Waals surface area contributed by atoms with E-state index in [1.807, 2.05) is 29.8 Å². The molecule has 5 rings (SSSR count). The molecule has 1 saturated heterocycles. The number of aromatic hydroxyl groups is 1. The Bertz CT molecular complexity index is 1290. The third-order valence-electron chi connectivity index (χ3n) is 5.78. The fourth-order valence-corrected chi connectivity index (χ4v) is 5.53. The zero-order chi connectivity index (χ0) is 22.7. The molecular formula is C22H26N8OS. The zero-order valence-corrected chi connectivity index (χ0v) is 19.6. The van der Waals surface area contributed by atoms with Crippen LogP contribution < -0.4 is 5.32 Å². The van der Waals surface area contributed by atoms with E-state index in [0.717, 1.165) is 23.4 Å². The maximum absolute atomic E-state index is 10.6. The quantitative estimate of drug-likeness (QED) is 0.483. The summed E-state index contributed by atoms with van der Waals surface area (Å²) in [7, 11) is 0. The van der Waals surface area contributed by atoms with Gasteiger partial charge in [0.2, 0.25) is 5.65 Å². The van der Waals surface area contributed by atoms with Crippen LogP contribution in [-0.2, 0) is 0 Å². The molecule has 1 aliphatic heterocycles. The zero-order valence-electron chi connectivity index (χ0n) is 18.8. The summed E-state index contributed by atoms with van der Waals surface area (Å²) >= 11 is 1.31. The summed E-state index contributed by atoms with van der Waals surface area (Å²) in [6.45, 7) is 10.7. The standard InChI is InChI=1S/C22H26N8OS/c1-12-23-20(32-27-12)13-6-7-15(18(31)8-13)16-9-17-19(26-24-16)30(29-25-17)14-10-21(2,3)28-22(4,5)11-14/h6-9,14,28,31H,10-11H2,1-5H3. The minimum absolute atomic E-state index is 0.0168. The number of aryl methyl sites for hydroxylation is 1. The molecule has 0 saturated carbocycles. The molecule has 3 aromatic heterocycles. The van der Waals surface area contributed by atoms with Gasteiger partial charge in [0.25, 0.3) is 0 Å². The van der Waals surface area contributed by atoms with Gasteiger partial charge >= 0.3 is 0 Å². The lowest BCUT2D eigenvalue weighted by molar-refractivity contribution is 0.127. The SMILES string of the molecule is Cc1nsc(-c2ccc(-c3cc4nnn(C5CC(C)(C)NC(C)(C)C5)c4nn3)c(O)c2)n1. The van der Waals surface area contributed by atoms with Crippen LogP contribution in [0, 0.1) is 6.92 Å². The highest BCUT2D eigenvalue weighted by atomic mass is 32.1. The van der Waals surface area contributed by atoms with Gasteiger partial charge in [0.15, 0.2) is 0 Å². The fraction of sp³-hybridized carbons (Fsp3) is 0.455. The van der Waals surface area contributed by atoms with Crippen molar-refractivity contribution in [3.05, 3.63) is 30.1 Å². The van der Waals surface area contributed by atoms with Crippen molar-refractivity contribution in [1.82, 2.24) is 39.9 Å². The van der Waals surface area contributed by atoms with Crippen molar-refractivity contribution in [1.29, 1.82) is 0 Å². The maximum atomic E-state index is 10.6. The van der Waals surface area contributed by atoms with E-state index in [2.05, 4.69) is 62.9 Å². The van der Waals surface area contributed by atoms with Crippen LogP contribution >= 0.6 is 11.5 Å². The Morgan fingerprint density at radius 3 is 2.47 bits per heavy atom. The Morgan fingerprint density at radius 2 is 1.81 bits per heavy atom. The second-order valence-electron chi connectivity index (χ2n) is 9.81. The van der Waals surface area contributed by atoms with Gasteiger partial charge in [-0.3, -0.25) is 0 Å². The smallest absolute Gasteiger partial charge is 0.201 e. The molecule has 2 N–H and O–H groups in total. The number of benzene rings is 1. The Balaban J connectivity index is 1.48. The van der Waals surface area contributed by atoms with E-state index in [9.17, 15) is 5.11 Å². The molecule has 1 aromatic carbocycles. The molecule has 0 radical (unpaired) electrons. The summed E-state index contributed by atoms with van der Waals surface area (Å²) < 4.78 is 6.10. The number of phenolic OH excluding ortho intramolecular Hbond substituents is 1. The summed E-state index contributed by atoms with van der Waals surface area (Å²) in [6.07, 6.45) is 1.84. The fourth-order valence-electron chi connectivity index (χ4n) is 4.87. The number of hydrogen-bond donors (Lipinski definition) is 2. The highest BCUT2D eigenvalue weighted by Crippen LogP contribution is 2.37. The van der Waals surface area contributed by atoms with Crippen molar-refractivity contribution in [3.8, 4) is 27.6 Å². The minimum Gasteiger partial charge on any atom is -0.507 e. The highest BCUT2D eigenvalue weighted by molar-refractivity contribution is 7.09. The first-order valence-electron chi connectivity index (χ1n) is 10.6. The molecular weight excluding hydrogens is 424 g/mol. The van der Waals surface area contributed by atoms with Crippen LogP contribution in [0.5, 0.6) is 5.75 Å². The second kappa shape index (κ2) is 7.28. The molecule has 9 nitrogen and oxygen atoms in total. The first-order chi connectivity index (χ1) is 15.1. The summed E-state index contributed by atoms with van der Waals surface area (Å²) in [4.78, 5) is 4.38. The Morgan fingerprint density at radius 1 is 1.06 bits per heavy atom. The predicted molar refractivity (Wildman–Crippen MR) is 123 cm³/mol. The van der Waals surface area contributed by atoms with Crippen molar-refractivity contribution in [2.24, 2.45) is 0 Å². The average molecular weight is 451 g/mol. The number of hydrogen-bond acceptors (Lipinski definition) is 9. The maximum Gasteiger partial charge on any atom is 0.201 e. The van der Waals surface area contributed by atoms with Gasteiger partial charge in [0, 0.05) is 22.2 Å². The molecule has 0 spiro atoms. The highest BCUT2D eigenvalue weighted by Gasteiger charge is 2.39. The Kier molecular flexibility index (Phi) is 4.75. The van der Waals surface area contributed by atoms with Gasteiger partial charge in [0.05, 0.1) is 11.7 Å². The van der Waals surface area contributed by atoms with E-state index >= 15 is 0 Å². The number of rotatable bonds is 3. The van der Waals surface area contributed by atoms with Crippen LogP contribution in [0.4, 0.5) is 0 Å².